The molecule has 0 bridgehead atoms. The van der Waals surface area contributed by atoms with Crippen LogP contribution in [0.3, 0.4) is 0 Å². The maximum atomic E-state index is 11.3. The Morgan fingerprint density at radius 1 is 1.16 bits per heavy atom. The molecule has 6 nitrogen and oxygen atoms in total. The Morgan fingerprint density at radius 3 is 2.56 bits per heavy atom. The molecule has 1 amide bonds. The Bertz CT molecular complexity index is 768. The number of aromatic nitrogens is 2. The molecule has 25 heavy (non-hydrogen) atoms. The highest BCUT2D eigenvalue weighted by atomic mass is 16.3. The molecule has 1 aliphatic carbocycles. The molecule has 6 heteroatoms. The van der Waals surface area contributed by atoms with Crippen LogP contribution < -0.4 is 11.1 Å². The minimum Gasteiger partial charge on any atom is -0.507 e. The van der Waals surface area contributed by atoms with Crippen molar-refractivity contribution in [3.63, 3.8) is 0 Å². The number of hydrogen-bond acceptors (Lipinski definition) is 5. The van der Waals surface area contributed by atoms with Crippen LogP contribution in [-0.2, 0) is 4.79 Å². The van der Waals surface area contributed by atoms with Gasteiger partial charge in [-0.15, -0.1) is 0 Å². The van der Waals surface area contributed by atoms with E-state index in [0.717, 1.165) is 18.5 Å². The van der Waals surface area contributed by atoms with Gasteiger partial charge in [-0.3, -0.25) is 4.79 Å². The first-order chi connectivity index (χ1) is 12.0. The minimum atomic E-state index is -0.169. The van der Waals surface area contributed by atoms with Gasteiger partial charge in [0.25, 0.3) is 0 Å². The normalized spacial score (nSPS) is 15.6. The van der Waals surface area contributed by atoms with Crippen molar-refractivity contribution in [1.82, 2.24) is 9.97 Å². The Kier molecular flexibility index (Phi) is 5.16. The summed E-state index contributed by atoms with van der Waals surface area (Å²) in [6.07, 6.45) is 7.15. The van der Waals surface area contributed by atoms with E-state index in [0.29, 0.717) is 22.9 Å². The number of aromatic hydroxyl groups is 1. The molecule has 4 N–H and O–H groups in total. The fraction of sp³-hybridized carbons (Fsp3) is 0.421. The Morgan fingerprint density at radius 2 is 1.88 bits per heavy atom. The standard InChI is InChI=1S/C19H24N4O2/c1-12(24)21-14-8-9-18(25)15(10-14)17-11-16(22-19(20)23-17)13-6-4-2-3-5-7-13/h8-11,13,25H,2-7H2,1H3,(H,21,24)(H2,20,22,23). The van der Waals surface area contributed by atoms with Crippen molar-refractivity contribution in [1.29, 1.82) is 0 Å². The van der Waals surface area contributed by atoms with Crippen LogP contribution in [0.2, 0.25) is 0 Å². The largest absolute Gasteiger partial charge is 0.507 e. The number of benzene rings is 1. The number of nitrogen functional groups attached to an aromatic ring is 1. The number of rotatable bonds is 3. The van der Waals surface area contributed by atoms with Crippen LogP contribution in [0.4, 0.5) is 11.6 Å². The number of nitrogens with two attached hydrogens (primary N) is 1. The van der Waals surface area contributed by atoms with Gasteiger partial charge < -0.3 is 16.2 Å². The number of anilines is 2. The molecule has 1 saturated carbocycles. The average Bonchev–Trinajstić information content (AvgIpc) is 2.85. The van der Waals surface area contributed by atoms with E-state index >= 15 is 0 Å². The lowest BCUT2D eigenvalue weighted by Gasteiger charge is -2.15. The zero-order chi connectivity index (χ0) is 17.8. The third-order valence-corrected chi connectivity index (χ3v) is 4.63. The summed E-state index contributed by atoms with van der Waals surface area (Å²) in [4.78, 5) is 20.0. The van der Waals surface area contributed by atoms with Crippen molar-refractivity contribution in [2.45, 2.75) is 51.4 Å². The second-order valence-electron chi connectivity index (χ2n) is 6.64. The monoisotopic (exact) mass is 340 g/mol. The Hall–Kier alpha value is -2.63. The molecule has 1 aromatic heterocycles. The molecule has 0 aliphatic heterocycles. The van der Waals surface area contributed by atoms with Gasteiger partial charge in [0.15, 0.2) is 0 Å². The number of amides is 1. The molecule has 3 rings (SSSR count). The van der Waals surface area contributed by atoms with E-state index in [-0.39, 0.29) is 17.6 Å². The number of phenols is 1. The summed E-state index contributed by atoms with van der Waals surface area (Å²) in [5, 5.41) is 13.0. The minimum absolute atomic E-state index is 0.0963. The highest BCUT2D eigenvalue weighted by Crippen LogP contribution is 2.35. The van der Waals surface area contributed by atoms with Gasteiger partial charge in [0.2, 0.25) is 11.9 Å². The summed E-state index contributed by atoms with van der Waals surface area (Å²) < 4.78 is 0. The maximum absolute atomic E-state index is 11.3. The third-order valence-electron chi connectivity index (χ3n) is 4.63. The molecule has 1 aromatic carbocycles. The van der Waals surface area contributed by atoms with Crippen LogP contribution in [0.1, 0.15) is 57.1 Å². The van der Waals surface area contributed by atoms with Crippen molar-refractivity contribution in [3.05, 3.63) is 30.0 Å². The van der Waals surface area contributed by atoms with Crippen LogP contribution >= 0.6 is 0 Å². The molecule has 0 atom stereocenters. The lowest BCUT2D eigenvalue weighted by atomic mass is 9.95. The first-order valence-electron chi connectivity index (χ1n) is 8.78. The van der Waals surface area contributed by atoms with Gasteiger partial charge in [-0.25, -0.2) is 9.97 Å². The van der Waals surface area contributed by atoms with Gasteiger partial charge in [0, 0.05) is 29.8 Å². The van der Waals surface area contributed by atoms with Crippen molar-refractivity contribution in [3.8, 4) is 17.0 Å². The van der Waals surface area contributed by atoms with Gasteiger partial charge in [-0.1, -0.05) is 25.7 Å². The zero-order valence-corrected chi connectivity index (χ0v) is 14.5. The van der Waals surface area contributed by atoms with Crippen molar-refractivity contribution < 1.29 is 9.90 Å². The molecule has 0 saturated heterocycles. The topological polar surface area (TPSA) is 101 Å². The summed E-state index contributed by atoms with van der Waals surface area (Å²) in [5.41, 5.74) is 8.60. The fourth-order valence-electron chi connectivity index (χ4n) is 3.43. The summed E-state index contributed by atoms with van der Waals surface area (Å²) in [6.45, 7) is 1.44. The lowest BCUT2D eigenvalue weighted by molar-refractivity contribution is -0.114. The predicted molar refractivity (Wildman–Crippen MR) is 98.3 cm³/mol. The molecule has 0 unspecified atom stereocenters. The van der Waals surface area contributed by atoms with Crippen molar-refractivity contribution in [2.75, 3.05) is 11.1 Å². The predicted octanol–water partition coefficient (Wildman–Crippen LogP) is 3.83. The Balaban J connectivity index is 1.98. The quantitative estimate of drug-likeness (QED) is 0.582. The maximum Gasteiger partial charge on any atom is 0.221 e. The molecule has 2 aromatic rings. The summed E-state index contributed by atoms with van der Waals surface area (Å²) in [6, 6.07) is 6.82. The molecule has 0 radical (unpaired) electrons. The lowest BCUT2D eigenvalue weighted by Crippen LogP contribution is -2.07. The molecular formula is C19H24N4O2. The molecule has 1 fully saturated rings. The Labute approximate surface area is 147 Å². The number of hydrogen-bond donors (Lipinski definition) is 3. The van der Waals surface area contributed by atoms with E-state index in [1.54, 1.807) is 18.2 Å². The number of phenolic OH excluding ortho intramolecular Hbond substituents is 1. The molecule has 1 aliphatic rings. The number of nitrogens with zero attached hydrogens (tertiary/aromatic N) is 2. The summed E-state index contributed by atoms with van der Waals surface area (Å²) >= 11 is 0. The number of carbonyl (C=O) groups is 1. The van der Waals surface area contributed by atoms with E-state index in [1.165, 1.54) is 32.6 Å². The van der Waals surface area contributed by atoms with Crippen LogP contribution in [0, 0.1) is 0 Å². The molecule has 1 heterocycles. The van der Waals surface area contributed by atoms with Crippen molar-refractivity contribution >= 4 is 17.5 Å². The first-order valence-corrected chi connectivity index (χ1v) is 8.78. The van der Waals surface area contributed by atoms with E-state index in [4.69, 9.17) is 5.73 Å². The first kappa shape index (κ1) is 17.2. The van der Waals surface area contributed by atoms with E-state index in [2.05, 4.69) is 15.3 Å². The van der Waals surface area contributed by atoms with Gasteiger partial charge in [-0.05, 0) is 37.1 Å². The number of nitrogens with one attached hydrogen (secondary N) is 1. The van der Waals surface area contributed by atoms with Crippen molar-refractivity contribution in [2.24, 2.45) is 0 Å². The number of carbonyl (C=O) groups excluding carboxylic acids is 1. The fourth-order valence-corrected chi connectivity index (χ4v) is 3.43. The molecule has 0 spiro atoms. The molecule has 132 valence electrons. The van der Waals surface area contributed by atoms with E-state index < -0.39 is 0 Å². The summed E-state index contributed by atoms with van der Waals surface area (Å²) in [7, 11) is 0. The average molecular weight is 340 g/mol. The third kappa shape index (κ3) is 4.26. The second-order valence-corrected chi connectivity index (χ2v) is 6.64. The van der Waals surface area contributed by atoms with E-state index in [1.807, 2.05) is 6.07 Å². The van der Waals surface area contributed by atoms with E-state index in [9.17, 15) is 9.90 Å². The van der Waals surface area contributed by atoms with Gasteiger partial charge in [0.1, 0.15) is 5.75 Å². The summed E-state index contributed by atoms with van der Waals surface area (Å²) in [5.74, 6) is 0.519. The van der Waals surface area contributed by atoms with Crippen LogP contribution in [0.25, 0.3) is 11.3 Å². The van der Waals surface area contributed by atoms with Gasteiger partial charge in [-0.2, -0.15) is 0 Å². The van der Waals surface area contributed by atoms with Crippen LogP contribution in [0.15, 0.2) is 24.3 Å². The second kappa shape index (κ2) is 7.51. The van der Waals surface area contributed by atoms with Crippen LogP contribution in [0.5, 0.6) is 5.75 Å². The zero-order valence-electron chi connectivity index (χ0n) is 14.5. The van der Waals surface area contributed by atoms with Gasteiger partial charge in [0.05, 0.1) is 5.69 Å². The highest BCUT2D eigenvalue weighted by Gasteiger charge is 2.18. The highest BCUT2D eigenvalue weighted by molar-refractivity contribution is 5.90. The molecular weight excluding hydrogens is 316 g/mol. The SMILES string of the molecule is CC(=O)Nc1ccc(O)c(-c2cc(C3CCCCCC3)nc(N)n2)c1. The van der Waals surface area contributed by atoms with Crippen LogP contribution in [-0.4, -0.2) is 21.0 Å². The smallest absolute Gasteiger partial charge is 0.221 e. The van der Waals surface area contributed by atoms with Gasteiger partial charge >= 0.3 is 0 Å².